The molecule has 254 valence electrons. The summed E-state index contributed by atoms with van der Waals surface area (Å²) >= 11 is 0. The predicted octanol–water partition coefficient (Wildman–Crippen LogP) is 2.42. The number of esters is 2. The van der Waals surface area contributed by atoms with E-state index in [4.69, 9.17) is 9.47 Å². The first-order valence-electron chi connectivity index (χ1n) is 14.9. The molecule has 4 rings (SSSR count). The maximum Gasteiger partial charge on any atom is 0.336 e. The molecule has 0 radical (unpaired) electrons. The molecule has 1 saturated carbocycles. The van der Waals surface area contributed by atoms with Gasteiger partial charge in [0.2, 0.25) is 0 Å². The van der Waals surface area contributed by atoms with E-state index in [1.165, 1.54) is 36.4 Å². The molecule has 0 aliphatic heterocycles. The highest BCUT2D eigenvalue weighted by Gasteiger charge is 2.66. The Morgan fingerprint density at radius 2 is 1.40 bits per heavy atom. The minimum atomic E-state index is -2.73. The Hall–Kier alpha value is -5.37. The van der Waals surface area contributed by atoms with Gasteiger partial charge in [-0.15, -0.1) is 0 Å². The highest BCUT2D eigenvalue weighted by molar-refractivity contribution is 5.89. The van der Waals surface area contributed by atoms with Gasteiger partial charge in [0.1, 0.15) is 6.10 Å². The number of benzene rings is 3. The minimum absolute atomic E-state index is 0.251. The highest BCUT2D eigenvalue weighted by Crippen LogP contribution is 2.46. The summed E-state index contributed by atoms with van der Waals surface area (Å²) in [6, 6.07) is 14.3. The molecule has 3 aromatic carbocycles. The Morgan fingerprint density at radius 1 is 0.833 bits per heavy atom. The Labute approximate surface area is 274 Å². The number of aliphatic hydroxyl groups excluding tert-OH is 2. The van der Waals surface area contributed by atoms with Crippen molar-refractivity contribution in [2.24, 2.45) is 5.92 Å². The number of rotatable bonds is 11. The number of carbonyl (C=O) groups is 3. The van der Waals surface area contributed by atoms with E-state index in [-0.39, 0.29) is 17.5 Å². The molecule has 1 fully saturated rings. The van der Waals surface area contributed by atoms with E-state index in [9.17, 15) is 55.2 Å². The SMILES string of the molecule is CCc1cccc(CC2C(OC(=O)C=Cc3ccc(O)c(O)c3)C(CO)(OC(=O)C=Cc3ccc(O)c(O)c3)C(O)CC2(O)C(=O)O)c1. The van der Waals surface area contributed by atoms with Crippen molar-refractivity contribution in [1.82, 2.24) is 0 Å². The van der Waals surface area contributed by atoms with Gasteiger partial charge in [-0.05, 0) is 71.5 Å². The molecular weight excluding hydrogens is 628 g/mol. The zero-order chi connectivity index (χ0) is 35.2. The van der Waals surface area contributed by atoms with Crippen LogP contribution in [0.2, 0.25) is 0 Å². The molecule has 5 atom stereocenters. The van der Waals surface area contributed by atoms with Crippen molar-refractivity contribution in [3.05, 3.63) is 95.1 Å². The molecule has 0 spiro atoms. The monoisotopic (exact) mass is 664 g/mol. The first kappa shape index (κ1) is 35.5. The number of aromatic hydroxyl groups is 4. The molecule has 48 heavy (non-hydrogen) atoms. The lowest BCUT2D eigenvalue weighted by Gasteiger charge is -2.52. The van der Waals surface area contributed by atoms with Gasteiger partial charge in [-0.25, -0.2) is 14.4 Å². The predicted molar refractivity (Wildman–Crippen MR) is 170 cm³/mol. The van der Waals surface area contributed by atoms with Gasteiger partial charge in [0.25, 0.3) is 0 Å². The summed E-state index contributed by atoms with van der Waals surface area (Å²) in [5.74, 6) is -7.39. The first-order valence-corrected chi connectivity index (χ1v) is 14.9. The third-order valence-corrected chi connectivity index (χ3v) is 8.36. The van der Waals surface area contributed by atoms with Crippen molar-refractivity contribution in [2.75, 3.05) is 6.61 Å². The summed E-state index contributed by atoms with van der Waals surface area (Å²) in [4.78, 5) is 39.0. The second-order valence-corrected chi connectivity index (χ2v) is 11.5. The summed E-state index contributed by atoms with van der Waals surface area (Å²) < 4.78 is 11.3. The minimum Gasteiger partial charge on any atom is -0.504 e. The third-order valence-electron chi connectivity index (χ3n) is 8.36. The number of phenolic OH excluding ortho intramolecular Hbond substituents is 4. The van der Waals surface area contributed by atoms with Crippen molar-refractivity contribution in [3.63, 3.8) is 0 Å². The van der Waals surface area contributed by atoms with E-state index >= 15 is 0 Å². The quantitative estimate of drug-likeness (QED) is 0.0837. The van der Waals surface area contributed by atoms with Gasteiger partial charge in [0, 0.05) is 24.5 Å². The van der Waals surface area contributed by atoms with Crippen LogP contribution < -0.4 is 0 Å². The average Bonchev–Trinajstić information content (AvgIpc) is 3.05. The van der Waals surface area contributed by atoms with E-state index in [0.717, 1.165) is 29.8 Å². The topological polar surface area (TPSA) is 232 Å². The zero-order valence-corrected chi connectivity index (χ0v) is 25.8. The highest BCUT2D eigenvalue weighted by atomic mass is 16.6. The van der Waals surface area contributed by atoms with Gasteiger partial charge >= 0.3 is 17.9 Å². The van der Waals surface area contributed by atoms with Crippen molar-refractivity contribution in [1.29, 1.82) is 0 Å². The van der Waals surface area contributed by atoms with Crippen LogP contribution in [0.4, 0.5) is 0 Å². The van der Waals surface area contributed by atoms with Crippen LogP contribution in [0.5, 0.6) is 23.0 Å². The van der Waals surface area contributed by atoms with E-state index in [1.807, 2.05) is 13.0 Å². The summed E-state index contributed by atoms with van der Waals surface area (Å²) in [5.41, 5.74) is -3.30. The Balaban J connectivity index is 1.77. The number of aryl methyl sites for hydroxylation is 1. The van der Waals surface area contributed by atoms with Crippen molar-refractivity contribution < 1.29 is 64.7 Å². The molecule has 13 nitrogen and oxygen atoms in total. The second kappa shape index (κ2) is 14.6. The van der Waals surface area contributed by atoms with Crippen molar-refractivity contribution >= 4 is 30.1 Å². The Morgan fingerprint density at radius 3 is 1.92 bits per heavy atom. The summed E-state index contributed by atoms with van der Waals surface area (Å²) in [5, 5.41) is 82.5. The van der Waals surface area contributed by atoms with Crippen molar-refractivity contribution in [2.45, 2.75) is 49.6 Å². The molecule has 0 saturated heterocycles. The van der Waals surface area contributed by atoms with Crippen LogP contribution in [0.1, 0.15) is 35.6 Å². The van der Waals surface area contributed by atoms with Gasteiger partial charge < -0.3 is 50.3 Å². The molecule has 0 amide bonds. The molecule has 3 aromatic rings. The lowest BCUT2D eigenvalue weighted by molar-refractivity contribution is -0.266. The lowest BCUT2D eigenvalue weighted by Crippen LogP contribution is -2.72. The number of carboxylic acid groups (broad SMARTS) is 1. The number of ether oxygens (including phenoxy) is 2. The van der Waals surface area contributed by atoms with Crippen LogP contribution in [0.15, 0.2) is 72.8 Å². The molecule has 1 aliphatic rings. The standard InChI is InChI=1S/C35H36O13/c1-2-20-4-3-5-23(14-20)15-24-32(47-30(42)12-8-21-6-10-25(37)27(39)16-21)35(19-36,29(41)18-34(24,46)33(44)45)48-31(43)13-9-22-7-11-26(38)28(40)17-22/h3-14,16-17,24,29,32,36-41,46H,2,15,18-19H2,1H3,(H,44,45). The third kappa shape index (κ3) is 7.60. The molecule has 1 aliphatic carbocycles. The maximum atomic E-state index is 13.3. The fraction of sp³-hybridized carbons (Fsp3) is 0.286. The summed E-state index contributed by atoms with van der Waals surface area (Å²) in [6.45, 7) is 0.736. The average molecular weight is 665 g/mol. The van der Waals surface area contributed by atoms with E-state index in [0.29, 0.717) is 12.0 Å². The molecule has 0 heterocycles. The molecular formula is C35H36O13. The van der Waals surface area contributed by atoms with Gasteiger partial charge in [0.15, 0.2) is 40.3 Å². The molecule has 13 heteroatoms. The number of phenols is 4. The Kier molecular flexibility index (Phi) is 10.8. The van der Waals surface area contributed by atoms with Crippen LogP contribution in [-0.4, -0.2) is 88.8 Å². The molecule has 5 unspecified atom stereocenters. The van der Waals surface area contributed by atoms with Gasteiger partial charge in [-0.1, -0.05) is 43.3 Å². The maximum absolute atomic E-state index is 13.3. The lowest BCUT2D eigenvalue weighted by atomic mass is 9.63. The summed E-state index contributed by atoms with van der Waals surface area (Å²) in [6.07, 6.45) is -0.386. The fourth-order valence-corrected chi connectivity index (χ4v) is 5.69. The van der Waals surface area contributed by atoms with Gasteiger partial charge in [-0.2, -0.15) is 0 Å². The van der Waals surface area contributed by atoms with Crippen LogP contribution >= 0.6 is 0 Å². The number of carbonyl (C=O) groups excluding carboxylic acids is 2. The van der Waals surface area contributed by atoms with E-state index < -0.39 is 83.3 Å². The summed E-state index contributed by atoms with van der Waals surface area (Å²) in [7, 11) is 0. The normalized spacial score (nSPS) is 24.0. The number of hydrogen-bond acceptors (Lipinski definition) is 12. The van der Waals surface area contributed by atoms with Crippen LogP contribution in [0, 0.1) is 5.92 Å². The van der Waals surface area contributed by atoms with Crippen LogP contribution in [0.3, 0.4) is 0 Å². The molecule has 0 aromatic heterocycles. The van der Waals surface area contributed by atoms with Crippen LogP contribution in [0.25, 0.3) is 12.2 Å². The van der Waals surface area contributed by atoms with Gasteiger partial charge in [0.05, 0.1) is 6.61 Å². The van der Waals surface area contributed by atoms with Crippen molar-refractivity contribution in [3.8, 4) is 23.0 Å². The first-order chi connectivity index (χ1) is 22.7. The van der Waals surface area contributed by atoms with Crippen LogP contribution in [-0.2, 0) is 36.7 Å². The fourth-order valence-electron chi connectivity index (χ4n) is 5.69. The smallest absolute Gasteiger partial charge is 0.336 e. The van der Waals surface area contributed by atoms with E-state index in [2.05, 4.69) is 0 Å². The second-order valence-electron chi connectivity index (χ2n) is 11.5. The number of carboxylic acids is 1. The zero-order valence-electron chi connectivity index (χ0n) is 25.8. The number of hydrogen-bond donors (Lipinski definition) is 8. The number of aliphatic carboxylic acids is 1. The molecule has 0 bridgehead atoms. The van der Waals surface area contributed by atoms with E-state index in [1.54, 1.807) is 18.2 Å². The Bertz CT molecular complexity index is 1730. The largest absolute Gasteiger partial charge is 0.504 e. The number of aliphatic hydroxyl groups is 3. The molecule has 8 N–H and O–H groups in total. The van der Waals surface area contributed by atoms with Gasteiger partial charge in [-0.3, -0.25) is 0 Å².